The lowest BCUT2D eigenvalue weighted by molar-refractivity contribution is -0.00000385. The molecule has 0 spiro atoms. The Hall–Kier alpha value is -2.15. The number of nitrogens with zero attached hydrogens (tertiary/aromatic N) is 1. The highest BCUT2D eigenvalue weighted by Crippen LogP contribution is 2.20. The van der Waals surface area contributed by atoms with E-state index in [2.05, 4.69) is 71.8 Å². The number of fused-ring (bicyclic) bond motifs is 2. The van der Waals surface area contributed by atoms with E-state index in [9.17, 15) is 0 Å². The van der Waals surface area contributed by atoms with Gasteiger partial charge in [0.1, 0.15) is 11.3 Å². The maximum atomic E-state index is 3.37. The first kappa shape index (κ1) is 13.8. The highest BCUT2D eigenvalue weighted by Gasteiger charge is 2.23. The Balaban J connectivity index is 0.00000132. The van der Waals surface area contributed by atoms with E-state index in [1.807, 2.05) is 12.2 Å². The largest absolute Gasteiger partial charge is 1.00 e. The monoisotopic (exact) mass is 335 g/mol. The summed E-state index contributed by atoms with van der Waals surface area (Å²) in [5.74, 6) is 0. The quantitative estimate of drug-likeness (QED) is 0.617. The summed E-state index contributed by atoms with van der Waals surface area (Å²) in [6, 6.07) is 19.2. The molecule has 2 aliphatic rings. The molecular formula is C19H14BrN. The molecule has 0 amide bonds. The molecule has 0 saturated carbocycles. The zero-order valence-corrected chi connectivity index (χ0v) is 13.0. The first-order valence-electron chi connectivity index (χ1n) is 6.84. The smallest absolute Gasteiger partial charge is 0.217 e. The zero-order chi connectivity index (χ0) is 13.4. The molecule has 4 rings (SSSR count). The molecule has 0 saturated heterocycles. The molecule has 0 aliphatic carbocycles. The minimum atomic E-state index is 0. The number of rotatable bonds is 1. The normalized spacial score (nSPS) is 15.0. The van der Waals surface area contributed by atoms with Gasteiger partial charge in [-0.15, -0.1) is 0 Å². The summed E-state index contributed by atoms with van der Waals surface area (Å²) in [4.78, 5) is 2.27. The fourth-order valence-corrected chi connectivity index (χ4v) is 2.89. The number of hydrogen-bond acceptors (Lipinski definition) is 1. The average Bonchev–Trinajstić information content (AvgIpc) is 2.55. The third-order valence-corrected chi connectivity index (χ3v) is 3.83. The van der Waals surface area contributed by atoms with Crippen molar-refractivity contribution in [1.29, 1.82) is 0 Å². The summed E-state index contributed by atoms with van der Waals surface area (Å²) in [7, 11) is 0. The van der Waals surface area contributed by atoms with Gasteiger partial charge in [0.25, 0.3) is 0 Å². The second-order valence-corrected chi connectivity index (χ2v) is 5.02. The lowest BCUT2D eigenvalue weighted by atomic mass is 9.97. The molecule has 0 atom stereocenters. The number of benzene rings is 2. The Kier molecular flexibility index (Phi) is 3.74. The number of allylic oxidation sites excluding steroid dienone is 2. The van der Waals surface area contributed by atoms with Crippen LogP contribution in [0.1, 0.15) is 5.56 Å². The van der Waals surface area contributed by atoms with Gasteiger partial charge in [-0.05, 0) is 17.7 Å². The summed E-state index contributed by atoms with van der Waals surface area (Å²) in [6.07, 6.45) is 9.52. The van der Waals surface area contributed by atoms with Crippen LogP contribution in [0.3, 0.4) is 0 Å². The van der Waals surface area contributed by atoms with Crippen LogP contribution in [0.4, 0.5) is 0 Å². The van der Waals surface area contributed by atoms with Crippen LogP contribution in [0, 0.1) is 6.08 Å². The van der Waals surface area contributed by atoms with Crippen LogP contribution in [-0.2, 0) is 0 Å². The second kappa shape index (κ2) is 5.69. The highest BCUT2D eigenvalue weighted by molar-refractivity contribution is 5.73. The van der Waals surface area contributed by atoms with Gasteiger partial charge in [0, 0.05) is 16.9 Å². The van der Waals surface area contributed by atoms with Gasteiger partial charge in [-0.2, -0.15) is 0 Å². The van der Waals surface area contributed by atoms with Crippen LogP contribution >= 0.6 is 0 Å². The Morgan fingerprint density at radius 1 is 0.857 bits per heavy atom. The van der Waals surface area contributed by atoms with E-state index in [0.29, 0.717) is 0 Å². The molecule has 0 fully saturated rings. The number of halogens is 1. The predicted octanol–water partition coefficient (Wildman–Crippen LogP) is -0.800. The van der Waals surface area contributed by atoms with Gasteiger partial charge in [0.05, 0.1) is 24.9 Å². The van der Waals surface area contributed by atoms with E-state index in [4.69, 9.17) is 0 Å². The summed E-state index contributed by atoms with van der Waals surface area (Å²) in [5, 5.41) is 2.58. The van der Waals surface area contributed by atoms with E-state index in [1.54, 1.807) is 0 Å². The SMILES string of the molecule is [Br-].[C+]1=CC=CN2CC(c3ccccc3)=c3ccccc3=C12. The van der Waals surface area contributed by atoms with Gasteiger partial charge in [-0.3, -0.25) is 0 Å². The van der Waals surface area contributed by atoms with Gasteiger partial charge < -0.3 is 21.9 Å². The molecule has 1 nitrogen and oxygen atoms in total. The zero-order valence-electron chi connectivity index (χ0n) is 11.5. The van der Waals surface area contributed by atoms with Gasteiger partial charge in [-0.1, -0.05) is 36.4 Å². The first-order valence-corrected chi connectivity index (χ1v) is 6.84. The van der Waals surface area contributed by atoms with Crippen molar-refractivity contribution < 1.29 is 17.0 Å². The van der Waals surface area contributed by atoms with Crippen LogP contribution in [0.25, 0.3) is 11.3 Å². The molecule has 0 bridgehead atoms. The summed E-state index contributed by atoms with van der Waals surface area (Å²) >= 11 is 0. The van der Waals surface area contributed by atoms with E-state index in [1.165, 1.54) is 27.3 Å². The molecule has 2 aromatic carbocycles. The predicted molar refractivity (Wildman–Crippen MR) is 81.7 cm³/mol. The van der Waals surface area contributed by atoms with Crippen LogP contribution in [-0.4, -0.2) is 11.4 Å². The van der Waals surface area contributed by atoms with E-state index in [0.717, 1.165) is 6.54 Å². The van der Waals surface area contributed by atoms with Crippen molar-refractivity contribution in [3.63, 3.8) is 0 Å². The topological polar surface area (TPSA) is 3.24 Å². The maximum Gasteiger partial charge on any atom is 0.217 e. The summed E-state index contributed by atoms with van der Waals surface area (Å²) in [6.45, 7) is 0.897. The van der Waals surface area contributed by atoms with Gasteiger partial charge in [0.2, 0.25) is 5.70 Å². The van der Waals surface area contributed by atoms with Crippen molar-refractivity contribution in [1.82, 2.24) is 4.90 Å². The van der Waals surface area contributed by atoms with Crippen LogP contribution < -0.4 is 27.4 Å². The fourth-order valence-electron chi connectivity index (χ4n) is 2.89. The van der Waals surface area contributed by atoms with Crippen molar-refractivity contribution in [2.24, 2.45) is 0 Å². The van der Waals surface area contributed by atoms with Gasteiger partial charge in [-0.25, -0.2) is 0 Å². The van der Waals surface area contributed by atoms with E-state index < -0.39 is 0 Å². The van der Waals surface area contributed by atoms with Crippen molar-refractivity contribution in [3.8, 4) is 0 Å². The van der Waals surface area contributed by atoms with Crippen molar-refractivity contribution >= 4 is 11.3 Å². The summed E-state index contributed by atoms with van der Waals surface area (Å²) in [5.41, 5.74) is 3.84. The summed E-state index contributed by atoms with van der Waals surface area (Å²) < 4.78 is 0. The standard InChI is InChI=1S/C19H14N.BrH/c1-2-8-15(9-3-1)18-14-20-13-7-6-12-19(20)17-11-5-4-10-16(17)18;/h1-11,13H,14H2;1H/q+1;/p-1. The molecule has 0 aromatic heterocycles. The second-order valence-electron chi connectivity index (χ2n) is 5.02. The molecule has 2 aliphatic heterocycles. The Morgan fingerprint density at radius 3 is 2.38 bits per heavy atom. The molecule has 21 heavy (non-hydrogen) atoms. The molecule has 0 radical (unpaired) electrons. The Morgan fingerprint density at radius 2 is 1.57 bits per heavy atom. The lowest BCUT2D eigenvalue weighted by Gasteiger charge is -2.23. The van der Waals surface area contributed by atoms with Crippen LogP contribution in [0.5, 0.6) is 0 Å². The molecular weight excluding hydrogens is 322 g/mol. The fraction of sp³-hybridized carbons (Fsp3) is 0.0526. The van der Waals surface area contributed by atoms with E-state index in [-0.39, 0.29) is 17.0 Å². The molecule has 0 N–H and O–H groups in total. The third-order valence-electron chi connectivity index (χ3n) is 3.83. The van der Waals surface area contributed by atoms with Crippen LogP contribution in [0.2, 0.25) is 0 Å². The molecule has 102 valence electrons. The number of hydrogen-bond donors (Lipinski definition) is 0. The Bertz CT molecular complexity index is 831. The minimum absolute atomic E-state index is 0. The minimum Gasteiger partial charge on any atom is -1.00 e. The first-order chi connectivity index (χ1) is 9.93. The molecule has 2 aromatic rings. The molecule has 0 unspecified atom stereocenters. The van der Waals surface area contributed by atoms with Crippen LogP contribution in [0.15, 0.2) is 72.9 Å². The van der Waals surface area contributed by atoms with Gasteiger partial charge >= 0.3 is 0 Å². The molecule has 2 heteroatoms. The van der Waals surface area contributed by atoms with E-state index >= 15 is 0 Å². The highest BCUT2D eigenvalue weighted by atomic mass is 79.9. The van der Waals surface area contributed by atoms with Crippen molar-refractivity contribution in [2.75, 3.05) is 6.54 Å². The van der Waals surface area contributed by atoms with Gasteiger partial charge in [0.15, 0.2) is 0 Å². The van der Waals surface area contributed by atoms with Crippen molar-refractivity contribution in [3.05, 3.63) is 95.0 Å². The molecule has 2 heterocycles. The van der Waals surface area contributed by atoms with Crippen molar-refractivity contribution in [2.45, 2.75) is 0 Å². The lowest BCUT2D eigenvalue weighted by Crippen LogP contribution is -3.00. The Labute approximate surface area is 135 Å². The average molecular weight is 336 g/mol. The third kappa shape index (κ3) is 2.33. The maximum absolute atomic E-state index is 3.37.